The number of rotatable bonds is 6. The summed E-state index contributed by atoms with van der Waals surface area (Å²) in [5, 5.41) is 0.786. The summed E-state index contributed by atoms with van der Waals surface area (Å²) >= 11 is 1.69. The van der Waals surface area contributed by atoms with Crippen molar-refractivity contribution in [1.29, 1.82) is 0 Å². The zero-order valence-corrected chi connectivity index (χ0v) is 20.6. The maximum absolute atomic E-state index is 14.3. The molecule has 1 fully saturated rings. The van der Waals surface area contributed by atoms with Gasteiger partial charge in [0.25, 0.3) is 5.56 Å². The maximum Gasteiger partial charge on any atom is 0.263 e. The number of hydrogen-bond acceptors (Lipinski definition) is 4. The van der Waals surface area contributed by atoms with Gasteiger partial charge in [0.2, 0.25) is 0 Å². The van der Waals surface area contributed by atoms with E-state index in [4.69, 9.17) is 9.72 Å². The lowest BCUT2D eigenvalue weighted by Gasteiger charge is -2.36. The molecule has 0 atom stereocenters. The summed E-state index contributed by atoms with van der Waals surface area (Å²) in [6, 6.07) is 16.3. The minimum Gasteiger partial charge on any atom is -0.497 e. The third kappa shape index (κ3) is 4.01. The normalized spacial score (nSPS) is 16.1. The van der Waals surface area contributed by atoms with Crippen molar-refractivity contribution in [3.8, 4) is 22.7 Å². The molecule has 5 heteroatoms. The van der Waals surface area contributed by atoms with Gasteiger partial charge in [-0.1, -0.05) is 62.7 Å². The predicted molar refractivity (Wildman–Crippen MR) is 136 cm³/mol. The van der Waals surface area contributed by atoms with Crippen molar-refractivity contribution in [2.45, 2.75) is 62.9 Å². The Balaban J connectivity index is 1.74. The number of nitrogens with zero attached hydrogens (tertiary/aromatic N) is 2. The van der Waals surface area contributed by atoms with E-state index in [1.807, 2.05) is 28.8 Å². The molecule has 1 saturated carbocycles. The van der Waals surface area contributed by atoms with Crippen LogP contribution in [0.5, 0.6) is 5.75 Å². The molecule has 0 saturated heterocycles. The molecule has 0 aliphatic heterocycles. The molecule has 0 N–H and O–H groups in total. The standard InChI is InChI=1S/C28H32N2O2S/c1-19(2)14-17-33-27-29-25-23-9-5-4-8-20(23)18-28(15-6-7-16-28)24(25)26(31)30(27)21-10-12-22(32-3)13-11-21/h4-5,8-13,19H,6-7,14-18H2,1-3H3. The average molecular weight is 461 g/mol. The quantitative estimate of drug-likeness (QED) is 0.315. The molecule has 33 heavy (non-hydrogen) atoms. The lowest BCUT2D eigenvalue weighted by atomic mass is 9.68. The second-order valence-electron chi connectivity index (χ2n) is 9.81. The van der Waals surface area contributed by atoms with Crippen LogP contribution in [0.1, 0.15) is 57.1 Å². The van der Waals surface area contributed by atoms with Gasteiger partial charge in [-0.2, -0.15) is 0 Å². The number of methoxy groups -OCH3 is 1. The third-order valence-electron chi connectivity index (χ3n) is 7.20. The number of aromatic nitrogens is 2. The van der Waals surface area contributed by atoms with Crippen LogP contribution >= 0.6 is 11.8 Å². The fourth-order valence-corrected chi connectivity index (χ4v) is 6.70. The lowest BCUT2D eigenvalue weighted by molar-refractivity contribution is 0.414. The average Bonchev–Trinajstić information content (AvgIpc) is 3.27. The van der Waals surface area contributed by atoms with E-state index in [-0.39, 0.29) is 11.0 Å². The highest BCUT2D eigenvalue weighted by atomic mass is 32.2. The van der Waals surface area contributed by atoms with Gasteiger partial charge < -0.3 is 4.74 Å². The molecule has 0 unspecified atom stereocenters. The SMILES string of the molecule is COc1ccc(-n2c(SCCC(C)C)nc3c(c2=O)C2(CCCC2)Cc2ccccc2-3)cc1. The van der Waals surface area contributed by atoms with Crippen molar-refractivity contribution in [1.82, 2.24) is 9.55 Å². The summed E-state index contributed by atoms with van der Waals surface area (Å²) < 4.78 is 7.21. The molecule has 3 aromatic rings. The summed E-state index contributed by atoms with van der Waals surface area (Å²) in [5.74, 6) is 2.33. The van der Waals surface area contributed by atoms with Gasteiger partial charge in [0.05, 0.1) is 24.1 Å². The molecule has 1 aromatic heterocycles. The lowest BCUT2D eigenvalue weighted by Crippen LogP contribution is -2.40. The smallest absolute Gasteiger partial charge is 0.263 e. The van der Waals surface area contributed by atoms with Gasteiger partial charge in [-0.25, -0.2) is 4.98 Å². The van der Waals surface area contributed by atoms with Crippen molar-refractivity contribution in [2.24, 2.45) is 5.92 Å². The Bertz CT molecular complexity index is 1210. The Morgan fingerprint density at radius 2 is 1.82 bits per heavy atom. The predicted octanol–water partition coefficient (Wildman–Crippen LogP) is 6.41. The first-order valence-electron chi connectivity index (χ1n) is 12.1. The Labute approximate surface area is 200 Å². The number of thioether (sulfide) groups is 1. The molecule has 2 aliphatic rings. The van der Waals surface area contributed by atoms with Crippen molar-refractivity contribution in [3.63, 3.8) is 0 Å². The molecule has 1 heterocycles. The third-order valence-corrected chi connectivity index (χ3v) is 8.17. The first kappa shape index (κ1) is 22.3. The van der Waals surface area contributed by atoms with Gasteiger partial charge in [0.1, 0.15) is 5.75 Å². The summed E-state index contributed by atoms with van der Waals surface area (Å²) in [7, 11) is 1.66. The van der Waals surface area contributed by atoms with E-state index in [1.54, 1.807) is 18.9 Å². The largest absolute Gasteiger partial charge is 0.497 e. The number of hydrogen-bond donors (Lipinski definition) is 0. The number of ether oxygens (including phenoxy) is 1. The first-order chi connectivity index (χ1) is 16.0. The zero-order valence-electron chi connectivity index (χ0n) is 19.8. The van der Waals surface area contributed by atoms with Crippen LogP contribution in [0.25, 0.3) is 16.9 Å². The number of benzene rings is 2. The molecule has 0 amide bonds. The Morgan fingerprint density at radius 3 is 2.52 bits per heavy atom. The van der Waals surface area contributed by atoms with Crippen LogP contribution < -0.4 is 10.3 Å². The van der Waals surface area contributed by atoms with E-state index in [0.717, 1.165) is 64.9 Å². The van der Waals surface area contributed by atoms with E-state index in [9.17, 15) is 4.79 Å². The molecular formula is C28H32N2O2S. The molecule has 0 radical (unpaired) electrons. The topological polar surface area (TPSA) is 44.1 Å². The first-order valence-corrected chi connectivity index (χ1v) is 13.0. The minimum atomic E-state index is -0.0941. The van der Waals surface area contributed by atoms with E-state index in [1.165, 1.54) is 18.4 Å². The second kappa shape index (κ2) is 9.02. The van der Waals surface area contributed by atoms with Crippen LogP contribution in [0, 0.1) is 5.92 Å². The van der Waals surface area contributed by atoms with Gasteiger partial charge in [0.15, 0.2) is 5.16 Å². The van der Waals surface area contributed by atoms with Crippen molar-refractivity contribution in [2.75, 3.05) is 12.9 Å². The van der Waals surface area contributed by atoms with Gasteiger partial charge in [0, 0.05) is 16.7 Å². The van der Waals surface area contributed by atoms with Crippen LogP contribution in [-0.4, -0.2) is 22.4 Å². The molecule has 2 aliphatic carbocycles. The molecule has 5 rings (SSSR count). The van der Waals surface area contributed by atoms with Crippen molar-refractivity contribution < 1.29 is 4.74 Å². The Hall–Kier alpha value is -2.53. The van der Waals surface area contributed by atoms with Crippen molar-refractivity contribution in [3.05, 3.63) is 70.0 Å². The Kier molecular flexibility index (Phi) is 6.09. The van der Waals surface area contributed by atoms with Gasteiger partial charge in [-0.3, -0.25) is 9.36 Å². The maximum atomic E-state index is 14.3. The van der Waals surface area contributed by atoms with Crippen LogP contribution in [0.15, 0.2) is 58.5 Å². The summed E-state index contributed by atoms with van der Waals surface area (Å²) in [6.07, 6.45) is 6.50. The molecule has 1 spiro atoms. The van der Waals surface area contributed by atoms with E-state index in [0.29, 0.717) is 5.92 Å². The monoisotopic (exact) mass is 460 g/mol. The summed E-state index contributed by atoms with van der Waals surface area (Å²) in [4.78, 5) is 19.6. The fourth-order valence-electron chi connectivity index (χ4n) is 5.45. The highest BCUT2D eigenvalue weighted by molar-refractivity contribution is 7.99. The van der Waals surface area contributed by atoms with E-state index >= 15 is 0 Å². The van der Waals surface area contributed by atoms with Gasteiger partial charge in [-0.05, 0) is 61.4 Å². The van der Waals surface area contributed by atoms with Gasteiger partial charge in [-0.15, -0.1) is 0 Å². The highest BCUT2D eigenvalue weighted by Gasteiger charge is 2.44. The molecule has 4 nitrogen and oxygen atoms in total. The van der Waals surface area contributed by atoms with E-state index < -0.39 is 0 Å². The number of fused-ring (bicyclic) bond motifs is 4. The summed E-state index contributed by atoms with van der Waals surface area (Å²) in [5.41, 5.74) is 5.18. The molecule has 172 valence electrons. The van der Waals surface area contributed by atoms with E-state index in [2.05, 4.69) is 38.1 Å². The van der Waals surface area contributed by atoms with Crippen LogP contribution in [-0.2, 0) is 11.8 Å². The molecule has 0 bridgehead atoms. The Morgan fingerprint density at radius 1 is 1.09 bits per heavy atom. The van der Waals surface area contributed by atoms with Crippen molar-refractivity contribution >= 4 is 11.8 Å². The molecular weight excluding hydrogens is 428 g/mol. The molecule has 2 aromatic carbocycles. The minimum absolute atomic E-state index is 0.0941. The van der Waals surface area contributed by atoms with Crippen LogP contribution in [0.4, 0.5) is 0 Å². The zero-order chi connectivity index (χ0) is 23.0. The highest BCUT2D eigenvalue weighted by Crippen LogP contribution is 2.50. The second-order valence-corrected chi connectivity index (χ2v) is 10.9. The van der Waals surface area contributed by atoms with Crippen LogP contribution in [0.2, 0.25) is 0 Å². The fraction of sp³-hybridized carbons (Fsp3) is 0.429. The summed E-state index contributed by atoms with van der Waals surface area (Å²) in [6.45, 7) is 4.47. The van der Waals surface area contributed by atoms with Crippen LogP contribution in [0.3, 0.4) is 0 Å². The van der Waals surface area contributed by atoms with Gasteiger partial charge >= 0.3 is 0 Å².